The van der Waals surface area contributed by atoms with Gasteiger partial charge in [0.05, 0.1) is 12.8 Å². The number of fused-ring (bicyclic) bond motifs is 1. The Balaban J connectivity index is 1.75. The Morgan fingerprint density at radius 2 is 2.00 bits per heavy atom. The normalized spacial score (nSPS) is 24.1. The Morgan fingerprint density at radius 1 is 1.32 bits per heavy atom. The number of imide groups is 1. The molecule has 0 radical (unpaired) electrons. The minimum Gasteiger partial charge on any atom is -0.497 e. The van der Waals surface area contributed by atoms with E-state index in [4.69, 9.17) is 4.74 Å². The standard InChI is InChI=1S/C17H21N3O5/c1-10(21)15(22)18-11-7-8-19-14(9-11)16(23)20(17(19)24)12-3-5-13(25-2)6-4-12/h3-6,10-11,14,21H,7-9H2,1-2H3,(H,18,22)/t10-,11+,14-/m0/s1. The Hall–Kier alpha value is -2.61. The number of hydrogen-bond donors (Lipinski definition) is 2. The van der Waals surface area contributed by atoms with Crippen LogP contribution >= 0.6 is 0 Å². The van der Waals surface area contributed by atoms with Crippen molar-refractivity contribution in [1.82, 2.24) is 10.2 Å². The van der Waals surface area contributed by atoms with Gasteiger partial charge in [-0.3, -0.25) is 9.59 Å². The number of methoxy groups -OCH3 is 1. The summed E-state index contributed by atoms with van der Waals surface area (Å²) in [6, 6.07) is 5.54. The van der Waals surface area contributed by atoms with Crippen LogP contribution in [-0.4, -0.2) is 59.7 Å². The quantitative estimate of drug-likeness (QED) is 0.773. The number of benzene rings is 1. The van der Waals surface area contributed by atoms with E-state index in [9.17, 15) is 19.5 Å². The van der Waals surface area contributed by atoms with Crippen LogP contribution in [-0.2, 0) is 9.59 Å². The number of aliphatic hydroxyl groups excluding tert-OH is 1. The average Bonchev–Trinajstić information content (AvgIpc) is 2.85. The number of amides is 4. The number of nitrogens with zero attached hydrogens (tertiary/aromatic N) is 2. The second-order valence-electron chi connectivity index (χ2n) is 6.27. The summed E-state index contributed by atoms with van der Waals surface area (Å²) in [4.78, 5) is 39.7. The highest BCUT2D eigenvalue weighted by molar-refractivity contribution is 6.21. The Morgan fingerprint density at radius 3 is 2.60 bits per heavy atom. The molecule has 8 nitrogen and oxygen atoms in total. The maximum Gasteiger partial charge on any atom is 0.332 e. The molecule has 2 aliphatic heterocycles. The number of nitrogens with one attached hydrogen (secondary N) is 1. The van der Waals surface area contributed by atoms with Gasteiger partial charge in [-0.05, 0) is 44.0 Å². The van der Waals surface area contributed by atoms with E-state index >= 15 is 0 Å². The molecule has 2 heterocycles. The van der Waals surface area contributed by atoms with Crippen molar-refractivity contribution in [2.24, 2.45) is 0 Å². The predicted molar refractivity (Wildman–Crippen MR) is 89.2 cm³/mol. The van der Waals surface area contributed by atoms with E-state index in [1.54, 1.807) is 31.4 Å². The SMILES string of the molecule is COc1ccc(N2C(=O)[C@@H]3C[C@H](NC(=O)[C@H](C)O)CCN3C2=O)cc1. The molecule has 1 aromatic rings. The molecule has 2 fully saturated rings. The highest BCUT2D eigenvalue weighted by Crippen LogP contribution is 2.31. The first-order valence-electron chi connectivity index (χ1n) is 8.19. The first kappa shape index (κ1) is 17.2. The molecule has 8 heteroatoms. The van der Waals surface area contributed by atoms with E-state index in [1.165, 1.54) is 16.7 Å². The van der Waals surface area contributed by atoms with E-state index in [0.29, 0.717) is 30.8 Å². The number of piperidine rings is 1. The Kier molecular flexibility index (Phi) is 4.63. The lowest BCUT2D eigenvalue weighted by Crippen LogP contribution is -2.51. The van der Waals surface area contributed by atoms with E-state index in [-0.39, 0.29) is 18.0 Å². The van der Waals surface area contributed by atoms with Gasteiger partial charge in [-0.25, -0.2) is 9.69 Å². The van der Waals surface area contributed by atoms with Crippen LogP contribution in [0, 0.1) is 0 Å². The van der Waals surface area contributed by atoms with Gasteiger partial charge in [0, 0.05) is 12.6 Å². The minimum atomic E-state index is -1.10. The van der Waals surface area contributed by atoms with Crippen molar-refractivity contribution in [3.05, 3.63) is 24.3 Å². The zero-order chi connectivity index (χ0) is 18.1. The van der Waals surface area contributed by atoms with Crippen LogP contribution in [0.25, 0.3) is 0 Å². The number of hydrogen-bond acceptors (Lipinski definition) is 5. The summed E-state index contributed by atoms with van der Waals surface area (Å²) >= 11 is 0. The van der Waals surface area contributed by atoms with Crippen LogP contribution in [0.4, 0.5) is 10.5 Å². The second kappa shape index (κ2) is 6.72. The zero-order valence-electron chi connectivity index (χ0n) is 14.1. The first-order valence-corrected chi connectivity index (χ1v) is 8.19. The summed E-state index contributed by atoms with van der Waals surface area (Å²) in [5.41, 5.74) is 0.495. The summed E-state index contributed by atoms with van der Waals surface area (Å²) in [7, 11) is 1.54. The van der Waals surface area contributed by atoms with Crippen LogP contribution in [0.15, 0.2) is 24.3 Å². The van der Waals surface area contributed by atoms with Gasteiger partial charge < -0.3 is 20.1 Å². The maximum absolute atomic E-state index is 12.7. The molecule has 134 valence electrons. The van der Waals surface area contributed by atoms with Crippen molar-refractivity contribution in [1.29, 1.82) is 0 Å². The highest BCUT2D eigenvalue weighted by atomic mass is 16.5. The molecule has 0 aromatic heterocycles. The van der Waals surface area contributed by atoms with E-state index in [1.807, 2.05) is 0 Å². The molecule has 0 aliphatic carbocycles. The van der Waals surface area contributed by atoms with Gasteiger partial charge in [0.15, 0.2) is 0 Å². The van der Waals surface area contributed by atoms with Crippen LogP contribution in [0.2, 0.25) is 0 Å². The molecule has 25 heavy (non-hydrogen) atoms. The molecule has 2 aliphatic rings. The molecule has 0 saturated carbocycles. The third kappa shape index (κ3) is 3.17. The smallest absolute Gasteiger partial charge is 0.332 e. The third-order valence-electron chi connectivity index (χ3n) is 4.60. The molecular weight excluding hydrogens is 326 g/mol. The molecule has 2 N–H and O–H groups in total. The lowest BCUT2D eigenvalue weighted by Gasteiger charge is -2.33. The van der Waals surface area contributed by atoms with Gasteiger partial charge in [-0.15, -0.1) is 0 Å². The van der Waals surface area contributed by atoms with Crippen molar-refractivity contribution in [3.8, 4) is 5.75 Å². The van der Waals surface area contributed by atoms with Gasteiger partial charge in [0.1, 0.15) is 17.9 Å². The Bertz CT molecular complexity index is 688. The summed E-state index contributed by atoms with van der Waals surface area (Å²) in [6.07, 6.45) is -0.213. The van der Waals surface area contributed by atoms with Gasteiger partial charge >= 0.3 is 6.03 Å². The molecular formula is C17H21N3O5. The van der Waals surface area contributed by atoms with E-state index < -0.39 is 18.1 Å². The lowest BCUT2D eigenvalue weighted by atomic mass is 9.97. The van der Waals surface area contributed by atoms with Gasteiger partial charge in [-0.1, -0.05) is 0 Å². The number of rotatable bonds is 4. The van der Waals surface area contributed by atoms with Crippen LogP contribution in [0.5, 0.6) is 5.75 Å². The first-order chi connectivity index (χ1) is 11.9. The molecule has 3 atom stereocenters. The number of ether oxygens (including phenoxy) is 1. The van der Waals surface area contributed by atoms with Gasteiger partial charge in [0.2, 0.25) is 5.91 Å². The third-order valence-corrected chi connectivity index (χ3v) is 4.60. The van der Waals surface area contributed by atoms with Crippen molar-refractivity contribution in [2.45, 2.75) is 38.0 Å². The van der Waals surface area contributed by atoms with E-state index in [0.717, 1.165) is 0 Å². The number of anilines is 1. The molecule has 3 rings (SSSR count). The molecule has 0 spiro atoms. The molecule has 0 bridgehead atoms. The summed E-state index contributed by atoms with van der Waals surface area (Å²) in [5.74, 6) is -0.130. The number of carbonyl (C=O) groups is 3. The van der Waals surface area contributed by atoms with Crippen molar-refractivity contribution >= 4 is 23.5 Å². The van der Waals surface area contributed by atoms with Crippen LogP contribution in [0.3, 0.4) is 0 Å². The van der Waals surface area contributed by atoms with Gasteiger partial charge in [0.25, 0.3) is 5.91 Å². The molecule has 0 unspecified atom stereocenters. The van der Waals surface area contributed by atoms with Crippen LogP contribution in [0.1, 0.15) is 19.8 Å². The zero-order valence-corrected chi connectivity index (χ0v) is 14.1. The summed E-state index contributed by atoms with van der Waals surface area (Å²) in [6.45, 7) is 1.77. The molecule has 1 aromatic carbocycles. The maximum atomic E-state index is 12.7. The molecule has 2 saturated heterocycles. The average molecular weight is 347 g/mol. The Labute approximate surface area is 145 Å². The fourth-order valence-electron chi connectivity index (χ4n) is 3.22. The fraction of sp³-hybridized carbons (Fsp3) is 0.471. The number of aliphatic hydroxyl groups is 1. The lowest BCUT2D eigenvalue weighted by molar-refractivity contribution is -0.130. The predicted octanol–water partition coefficient (Wildman–Crippen LogP) is 0.492. The number of carbonyl (C=O) groups excluding carboxylic acids is 3. The second-order valence-corrected chi connectivity index (χ2v) is 6.27. The fourth-order valence-corrected chi connectivity index (χ4v) is 3.22. The van der Waals surface area contributed by atoms with Gasteiger partial charge in [-0.2, -0.15) is 0 Å². The molecule has 4 amide bonds. The highest BCUT2D eigenvalue weighted by Gasteiger charge is 2.48. The monoisotopic (exact) mass is 347 g/mol. The summed E-state index contributed by atoms with van der Waals surface area (Å²) in [5, 5.41) is 12.0. The van der Waals surface area contributed by atoms with Crippen molar-refractivity contribution in [3.63, 3.8) is 0 Å². The topological polar surface area (TPSA) is 99.2 Å². The van der Waals surface area contributed by atoms with E-state index in [2.05, 4.69) is 5.32 Å². The van der Waals surface area contributed by atoms with Crippen molar-refractivity contribution in [2.75, 3.05) is 18.6 Å². The minimum absolute atomic E-state index is 0.240. The summed E-state index contributed by atoms with van der Waals surface area (Å²) < 4.78 is 5.09. The van der Waals surface area contributed by atoms with Crippen molar-refractivity contribution < 1.29 is 24.2 Å². The van der Waals surface area contributed by atoms with Crippen LogP contribution < -0.4 is 15.0 Å². The largest absolute Gasteiger partial charge is 0.497 e. The number of urea groups is 1.